The Morgan fingerprint density at radius 3 is 2.80 bits per heavy atom. The molecular formula is C18H14N6O. The molecule has 0 atom stereocenters. The molecule has 0 aliphatic carbocycles. The Morgan fingerprint density at radius 2 is 2.00 bits per heavy atom. The minimum atomic E-state index is 0.232. The first-order valence-corrected chi connectivity index (χ1v) is 7.86. The lowest BCUT2D eigenvalue weighted by Crippen LogP contribution is -2.02. The van der Waals surface area contributed by atoms with Gasteiger partial charge in [0.1, 0.15) is 5.52 Å². The van der Waals surface area contributed by atoms with Crippen LogP contribution in [0.1, 0.15) is 25.5 Å². The fourth-order valence-corrected chi connectivity index (χ4v) is 2.68. The highest BCUT2D eigenvalue weighted by Crippen LogP contribution is 2.26. The van der Waals surface area contributed by atoms with Gasteiger partial charge in [0.15, 0.2) is 0 Å². The second-order valence-electron chi connectivity index (χ2n) is 5.91. The quantitative estimate of drug-likeness (QED) is 0.570. The van der Waals surface area contributed by atoms with Crippen molar-refractivity contribution in [1.82, 2.24) is 25.1 Å². The molecule has 0 spiro atoms. The fraction of sp³-hybridized carbons (Fsp3) is 0.167. The van der Waals surface area contributed by atoms with Crippen molar-refractivity contribution in [3.63, 3.8) is 0 Å². The molecule has 7 heteroatoms. The largest absolute Gasteiger partial charge is 0.334 e. The van der Waals surface area contributed by atoms with Gasteiger partial charge in [-0.3, -0.25) is 0 Å². The van der Waals surface area contributed by atoms with Crippen LogP contribution in [0.25, 0.3) is 33.9 Å². The van der Waals surface area contributed by atoms with Gasteiger partial charge >= 0.3 is 0 Å². The molecule has 0 fully saturated rings. The van der Waals surface area contributed by atoms with Crippen LogP contribution in [0.15, 0.2) is 47.0 Å². The lowest BCUT2D eigenvalue weighted by Gasteiger charge is -2.04. The lowest BCUT2D eigenvalue weighted by molar-refractivity contribution is 0.432. The van der Waals surface area contributed by atoms with E-state index in [2.05, 4.69) is 40.4 Å². The number of fused-ring (bicyclic) bond motifs is 1. The van der Waals surface area contributed by atoms with E-state index in [0.717, 1.165) is 16.6 Å². The minimum Gasteiger partial charge on any atom is -0.334 e. The van der Waals surface area contributed by atoms with Crippen LogP contribution < -0.4 is 0 Å². The Balaban J connectivity index is 1.75. The summed E-state index contributed by atoms with van der Waals surface area (Å²) in [5.41, 5.74) is 3.63. The Bertz CT molecular complexity index is 1100. The van der Waals surface area contributed by atoms with Crippen LogP contribution in [-0.2, 0) is 0 Å². The molecule has 0 radical (unpaired) electrons. The van der Waals surface area contributed by atoms with Gasteiger partial charge in [0.05, 0.1) is 22.7 Å². The zero-order chi connectivity index (χ0) is 17.4. The van der Waals surface area contributed by atoms with Gasteiger partial charge in [-0.05, 0) is 44.2 Å². The van der Waals surface area contributed by atoms with Crippen LogP contribution in [0, 0.1) is 11.3 Å². The number of benzene rings is 2. The fourth-order valence-electron chi connectivity index (χ4n) is 2.68. The number of aromatic nitrogens is 5. The molecule has 0 unspecified atom stereocenters. The number of nitrogens with zero attached hydrogens (tertiary/aromatic N) is 6. The average molecular weight is 330 g/mol. The van der Waals surface area contributed by atoms with Gasteiger partial charge in [0.2, 0.25) is 5.82 Å². The second kappa shape index (κ2) is 5.83. The number of hydrogen-bond donors (Lipinski definition) is 0. The molecule has 0 bridgehead atoms. The van der Waals surface area contributed by atoms with Crippen molar-refractivity contribution in [3.8, 4) is 28.9 Å². The van der Waals surface area contributed by atoms with E-state index in [1.807, 2.05) is 28.9 Å². The number of nitriles is 1. The predicted octanol–water partition coefficient (Wildman–Crippen LogP) is 3.60. The van der Waals surface area contributed by atoms with Gasteiger partial charge in [-0.25, -0.2) is 4.68 Å². The van der Waals surface area contributed by atoms with Crippen LogP contribution in [0.3, 0.4) is 0 Å². The van der Waals surface area contributed by atoms with Crippen LogP contribution in [0.4, 0.5) is 0 Å². The van der Waals surface area contributed by atoms with Crippen LogP contribution in [0.2, 0.25) is 0 Å². The van der Waals surface area contributed by atoms with Gasteiger partial charge in [-0.15, -0.1) is 5.10 Å². The summed E-state index contributed by atoms with van der Waals surface area (Å²) in [5, 5.41) is 21.6. The summed E-state index contributed by atoms with van der Waals surface area (Å²) in [6.07, 6.45) is 0. The van der Waals surface area contributed by atoms with Crippen molar-refractivity contribution in [2.45, 2.75) is 19.9 Å². The predicted molar refractivity (Wildman–Crippen MR) is 91.4 cm³/mol. The van der Waals surface area contributed by atoms with Crippen molar-refractivity contribution < 1.29 is 4.52 Å². The van der Waals surface area contributed by atoms with E-state index in [1.165, 1.54) is 0 Å². The second-order valence-corrected chi connectivity index (χ2v) is 5.91. The molecule has 0 N–H and O–H groups in total. The third-order valence-electron chi connectivity index (χ3n) is 3.92. The summed E-state index contributed by atoms with van der Waals surface area (Å²) < 4.78 is 7.21. The number of hydrogen-bond acceptors (Lipinski definition) is 6. The molecule has 4 rings (SSSR count). The molecule has 0 saturated carbocycles. The molecule has 2 aromatic heterocycles. The Morgan fingerprint density at radius 1 is 1.16 bits per heavy atom. The van der Waals surface area contributed by atoms with Crippen molar-refractivity contribution >= 4 is 11.0 Å². The third-order valence-corrected chi connectivity index (χ3v) is 3.92. The van der Waals surface area contributed by atoms with Gasteiger partial charge in [0, 0.05) is 11.6 Å². The van der Waals surface area contributed by atoms with Gasteiger partial charge in [-0.2, -0.15) is 10.2 Å². The molecule has 0 aliphatic heterocycles. The average Bonchev–Trinajstić information content (AvgIpc) is 3.28. The van der Waals surface area contributed by atoms with E-state index in [-0.39, 0.29) is 6.04 Å². The molecule has 2 heterocycles. The van der Waals surface area contributed by atoms with Gasteiger partial charge in [0.25, 0.3) is 5.89 Å². The lowest BCUT2D eigenvalue weighted by atomic mass is 10.1. The monoisotopic (exact) mass is 330 g/mol. The van der Waals surface area contributed by atoms with E-state index < -0.39 is 0 Å². The van der Waals surface area contributed by atoms with Crippen molar-refractivity contribution in [3.05, 3.63) is 48.0 Å². The normalized spacial score (nSPS) is 11.1. The van der Waals surface area contributed by atoms with E-state index >= 15 is 0 Å². The Labute approximate surface area is 143 Å². The first-order valence-electron chi connectivity index (χ1n) is 7.86. The van der Waals surface area contributed by atoms with Crippen LogP contribution in [0.5, 0.6) is 0 Å². The van der Waals surface area contributed by atoms with Crippen molar-refractivity contribution in [1.29, 1.82) is 5.26 Å². The van der Waals surface area contributed by atoms with Crippen molar-refractivity contribution in [2.75, 3.05) is 0 Å². The summed E-state index contributed by atoms with van der Waals surface area (Å²) in [7, 11) is 0. The maximum Gasteiger partial charge on any atom is 0.259 e. The molecule has 2 aromatic carbocycles. The molecule has 122 valence electrons. The summed E-state index contributed by atoms with van der Waals surface area (Å²) in [6.45, 7) is 4.11. The van der Waals surface area contributed by atoms with E-state index in [0.29, 0.717) is 22.8 Å². The van der Waals surface area contributed by atoms with E-state index in [9.17, 15) is 5.26 Å². The Hall–Kier alpha value is -3.53. The summed E-state index contributed by atoms with van der Waals surface area (Å²) in [4.78, 5) is 4.42. The van der Waals surface area contributed by atoms with Crippen LogP contribution >= 0.6 is 0 Å². The highest BCUT2D eigenvalue weighted by molar-refractivity contribution is 5.80. The van der Waals surface area contributed by atoms with Gasteiger partial charge in [-0.1, -0.05) is 22.5 Å². The maximum absolute atomic E-state index is 9.21. The number of rotatable bonds is 3. The first kappa shape index (κ1) is 15.0. The third kappa shape index (κ3) is 2.54. The summed E-state index contributed by atoms with van der Waals surface area (Å²) in [6, 6.07) is 15.2. The molecule has 25 heavy (non-hydrogen) atoms. The Kier molecular flexibility index (Phi) is 3.51. The first-order chi connectivity index (χ1) is 12.2. The zero-order valence-electron chi connectivity index (χ0n) is 13.7. The smallest absolute Gasteiger partial charge is 0.259 e. The van der Waals surface area contributed by atoms with Gasteiger partial charge < -0.3 is 4.52 Å². The molecule has 0 saturated heterocycles. The molecule has 4 aromatic rings. The standard InChI is InChI=1S/C18H14N6O/c1-11(2)24-16-8-7-12(9-15(16)21-23-24)17-20-18(25-22-17)14-6-4-3-5-13(14)10-19/h3-9,11H,1-2H3. The van der Waals surface area contributed by atoms with E-state index in [4.69, 9.17) is 4.52 Å². The molecule has 7 nitrogen and oxygen atoms in total. The molecule has 0 aliphatic rings. The summed E-state index contributed by atoms with van der Waals surface area (Å²) in [5.74, 6) is 0.766. The SMILES string of the molecule is CC(C)n1nnc2cc(-c3noc(-c4ccccc4C#N)n3)ccc21. The maximum atomic E-state index is 9.21. The van der Waals surface area contributed by atoms with Crippen molar-refractivity contribution in [2.24, 2.45) is 0 Å². The minimum absolute atomic E-state index is 0.232. The highest BCUT2D eigenvalue weighted by atomic mass is 16.5. The highest BCUT2D eigenvalue weighted by Gasteiger charge is 2.15. The molecular weight excluding hydrogens is 316 g/mol. The van der Waals surface area contributed by atoms with Crippen LogP contribution in [-0.4, -0.2) is 25.1 Å². The van der Waals surface area contributed by atoms with E-state index in [1.54, 1.807) is 18.2 Å². The molecule has 0 amide bonds. The summed E-state index contributed by atoms with van der Waals surface area (Å²) >= 11 is 0. The topological polar surface area (TPSA) is 93.4 Å². The zero-order valence-corrected chi connectivity index (χ0v) is 13.7.